The number of unbranched alkanes of at least 4 members (excludes halogenated alkanes) is 10. The van der Waals surface area contributed by atoms with Crippen molar-refractivity contribution in [3.8, 4) is 23.0 Å². The van der Waals surface area contributed by atoms with Crippen molar-refractivity contribution in [1.29, 1.82) is 0 Å². The minimum Gasteiger partial charge on any atom is -0.490 e. The summed E-state index contributed by atoms with van der Waals surface area (Å²) < 4.78 is 155. The molecule has 37 heteroatoms. The standard InChI is InChI=1S/C27H33NO5S.C23H37NO5S.C22H32N2O5S.C19H31NO3S.C13H14ClNO4S.C4H6O3/c1-20(21-10-9-13-23(18-21)33-22-11-3-4-12-22)19-34(31,32)17-8-2-7-16-28-26(29)24-14-5-6-15-25(24)27(28)30;1-3-28-23(25)17-24-14-7-4-8-15-30(26,27)18-19(2)20-10-9-13-22(16-20)29-21-11-5-6-12-21;1-17(18-8-7-11-20(14-18)29-19-9-3-4-10-19)16-30(27,28)13-6-2-5-12-24-15-21(25)23-22(24)26;1-16(15-24(21,22)13-6-2-5-12-20)17-8-7-11-19(14-17)23-18-9-3-4-10-18;14-20(18,19)9-5-1-4-8-15-12(16)10-6-2-3-7-11(10)13(15)17;1-2-7-4(6)3-5/h5-6,9-10,13-15,18,20,22H,2-4,7-8,11-12,16-17,19H2,1H3;9-10,13,16,19,21,24H,3-8,11-12,14-15,17-18H2,1-2H3;7-8,11,14,17,19H,2-6,9-10,12-13,15-16H2,1H3,(H,23,25,26);7-8,11,14,16,18H,2-6,9-10,12-13,15,20H2,1H3;2-3,6-7H,1,4-5,8-9H2;3H,2H2,1H3/t20-;19-;17-;16-;;/m0000../s1. The van der Waals surface area contributed by atoms with Crippen molar-refractivity contribution in [2.24, 2.45) is 5.73 Å². The number of fused-ring (bicyclic) bond motifs is 2. The van der Waals surface area contributed by atoms with Gasteiger partial charge in [-0.15, -0.1) is 0 Å². The first kappa shape index (κ1) is 121. The number of nitrogens with one attached hydrogen (secondary N) is 2. The van der Waals surface area contributed by atoms with Gasteiger partial charge in [-0.2, -0.15) is 0 Å². The molecule has 4 N–H and O–H groups in total. The van der Waals surface area contributed by atoms with Gasteiger partial charge in [-0.1, -0.05) is 133 Å². The number of nitrogens with two attached hydrogens (primary N) is 1. The topological polar surface area (TPSA) is 440 Å². The quantitative estimate of drug-likeness (QED) is 0.00607. The molecule has 6 aromatic carbocycles. The van der Waals surface area contributed by atoms with E-state index in [1.807, 2.05) is 125 Å². The number of hydrogen-bond acceptors (Lipinski definition) is 27. The van der Waals surface area contributed by atoms with E-state index in [0.29, 0.717) is 144 Å². The molecule has 31 nitrogen and oxygen atoms in total. The van der Waals surface area contributed by atoms with Crippen molar-refractivity contribution in [2.45, 2.75) is 289 Å². The van der Waals surface area contributed by atoms with Gasteiger partial charge in [-0.25, -0.2) is 51.7 Å². The number of benzene rings is 6. The number of hydrogen-bond donors (Lipinski definition) is 3. The fourth-order valence-electron chi connectivity index (χ4n) is 18.4. The zero-order chi connectivity index (χ0) is 105. The lowest BCUT2D eigenvalue weighted by Gasteiger charge is -2.17. The van der Waals surface area contributed by atoms with Gasteiger partial charge in [0.1, 0.15) is 29.5 Å². The molecule has 3 aliphatic heterocycles. The Morgan fingerprint density at radius 2 is 0.697 bits per heavy atom. The molecule has 0 radical (unpaired) electrons. The Balaban J connectivity index is 0.000000219. The Labute approximate surface area is 864 Å². The maximum absolute atomic E-state index is 12.7. The van der Waals surface area contributed by atoms with Gasteiger partial charge in [0.2, 0.25) is 21.2 Å². The highest BCUT2D eigenvalue weighted by Crippen LogP contribution is 2.35. The molecule has 7 amide bonds. The van der Waals surface area contributed by atoms with Crippen LogP contribution in [-0.2, 0) is 77.1 Å². The van der Waals surface area contributed by atoms with Gasteiger partial charge >= 0.3 is 18.0 Å². The van der Waals surface area contributed by atoms with Gasteiger partial charge in [0.25, 0.3) is 23.6 Å². The average molecular weight is 2130 g/mol. The Morgan fingerprint density at radius 3 is 0.972 bits per heavy atom. The summed E-state index contributed by atoms with van der Waals surface area (Å²) >= 11 is 0. The smallest absolute Gasteiger partial charge is 0.371 e. The minimum absolute atomic E-state index is 0.0170. The molecule has 4 aliphatic carbocycles. The van der Waals surface area contributed by atoms with E-state index in [-0.39, 0.29) is 155 Å². The maximum atomic E-state index is 12.7. The molecule has 0 aromatic heterocycles. The fraction of sp³-hybridized carbons (Fsp3) is 0.583. The van der Waals surface area contributed by atoms with Crippen molar-refractivity contribution in [1.82, 2.24) is 25.3 Å². The molecule has 5 fully saturated rings. The number of aldehydes is 1. The Kier molecular flexibility index (Phi) is 52.0. The van der Waals surface area contributed by atoms with Gasteiger partial charge < -0.3 is 44.4 Å². The lowest BCUT2D eigenvalue weighted by molar-refractivity contribution is -0.148. The van der Waals surface area contributed by atoms with E-state index in [1.165, 1.54) is 66.1 Å². The van der Waals surface area contributed by atoms with Crippen LogP contribution in [0.25, 0.3) is 0 Å². The monoisotopic (exact) mass is 2130 g/mol. The zero-order valence-corrected chi connectivity index (χ0v) is 90.1. The number of amides is 7. The molecule has 0 spiro atoms. The van der Waals surface area contributed by atoms with Crippen LogP contribution in [0.4, 0.5) is 4.79 Å². The van der Waals surface area contributed by atoms with E-state index in [0.717, 1.165) is 122 Å². The predicted octanol–water partition coefficient (Wildman–Crippen LogP) is 17.5. The van der Waals surface area contributed by atoms with Crippen molar-refractivity contribution in [3.63, 3.8) is 0 Å². The second-order valence-corrected chi connectivity index (χ2v) is 50.3. The average Bonchev–Trinajstić information content (AvgIpc) is 1.64. The van der Waals surface area contributed by atoms with E-state index < -0.39 is 54.4 Å². The van der Waals surface area contributed by atoms with Crippen LogP contribution >= 0.6 is 10.7 Å². The van der Waals surface area contributed by atoms with Crippen LogP contribution in [0.2, 0.25) is 0 Å². The van der Waals surface area contributed by atoms with Crippen molar-refractivity contribution < 1.29 is 114 Å². The third kappa shape index (κ3) is 44.7. The van der Waals surface area contributed by atoms with Crippen LogP contribution in [0.15, 0.2) is 146 Å². The lowest BCUT2D eigenvalue weighted by atomic mass is 10.0. The number of sulfone groups is 4. The first-order valence-electron chi connectivity index (χ1n) is 51.7. The summed E-state index contributed by atoms with van der Waals surface area (Å²) in [5.74, 6) is 1.82. The van der Waals surface area contributed by atoms with Gasteiger partial charge in [0.05, 0.1) is 118 Å². The number of halogens is 1. The summed E-state index contributed by atoms with van der Waals surface area (Å²) in [7, 11) is -10.9. The Morgan fingerprint density at radius 1 is 0.400 bits per heavy atom. The highest BCUT2D eigenvalue weighted by Gasteiger charge is 2.37. The van der Waals surface area contributed by atoms with Gasteiger partial charge in [0, 0.05) is 30.3 Å². The third-order valence-corrected chi connectivity index (χ3v) is 35.1. The first-order valence-corrected chi connectivity index (χ1v) is 61.5. The van der Waals surface area contributed by atoms with Crippen molar-refractivity contribution >= 4 is 113 Å². The number of carbonyl (C=O) groups excluding carboxylic acids is 9. The number of carbonyl (C=O) groups is 9. The van der Waals surface area contributed by atoms with Crippen LogP contribution < -0.4 is 35.3 Å². The molecule has 0 unspecified atom stereocenters. The third-order valence-electron chi connectivity index (χ3n) is 26.2. The van der Waals surface area contributed by atoms with Crippen molar-refractivity contribution in [2.75, 3.05) is 111 Å². The molecule has 6 aromatic rings. The van der Waals surface area contributed by atoms with Crippen molar-refractivity contribution in [3.05, 3.63) is 190 Å². The molecule has 4 atom stereocenters. The van der Waals surface area contributed by atoms with Gasteiger partial charge in [-0.3, -0.25) is 48.7 Å². The van der Waals surface area contributed by atoms with Gasteiger partial charge in [0.15, 0.2) is 39.3 Å². The number of esters is 2. The Hall–Kier alpha value is -9.69. The summed E-state index contributed by atoms with van der Waals surface area (Å²) in [4.78, 5) is 106. The van der Waals surface area contributed by atoms with Gasteiger partial charge in [-0.05, 0) is 313 Å². The second kappa shape index (κ2) is 62.6. The van der Waals surface area contributed by atoms with Crippen LogP contribution in [-0.4, -0.2) is 246 Å². The molecule has 802 valence electrons. The molecule has 7 aliphatic rings. The molecule has 1 saturated heterocycles. The summed E-state index contributed by atoms with van der Waals surface area (Å²) in [6.45, 7) is 14.6. The van der Waals surface area contributed by atoms with Crippen LogP contribution in [0.1, 0.15) is 328 Å². The summed E-state index contributed by atoms with van der Waals surface area (Å²) in [6.07, 6.45) is 29.9. The highest BCUT2D eigenvalue weighted by atomic mass is 35.7. The summed E-state index contributed by atoms with van der Waals surface area (Å²) in [5, 5.41) is 5.25. The van der Waals surface area contributed by atoms with E-state index in [1.54, 1.807) is 62.4 Å². The fourth-order valence-corrected chi connectivity index (χ4v) is 26.4. The molecule has 4 saturated carbocycles. The number of urea groups is 1. The van der Waals surface area contributed by atoms with Crippen LogP contribution in [0, 0.1) is 0 Å². The molecule has 13 rings (SSSR count). The predicted molar refractivity (Wildman–Crippen MR) is 564 cm³/mol. The zero-order valence-electron chi connectivity index (χ0n) is 85.2. The maximum Gasteiger partial charge on any atom is 0.371 e. The lowest BCUT2D eigenvalue weighted by Crippen LogP contribution is -2.30. The molecule has 145 heavy (non-hydrogen) atoms. The highest BCUT2D eigenvalue weighted by molar-refractivity contribution is 8.13. The normalized spacial score (nSPS) is 16.4. The Bertz CT molecular complexity index is 5660. The number of imide groups is 3. The second-order valence-electron chi connectivity index (χ2n) is 38.5. The van der Waals surface area contributed by atoms with E-state index in [9.17, 15) is 85.2 Å². The van der Waals surface area contributed by atoms with E-state index in [4.69, 9.17) is 40.1 Å². The van der Waals surface area contributed by atoms with Crippen LogP contribution in [0.3, 0.4) is 0 Å². The molecule has 3 heterocycles. The first-order chi connectivity index (χ1) is 69.3. The summed E-state index contributed by atoms with van der Waals surface area (Å²) in [6, 6.07) is 44.6. The molecular weight excluding hydrogens is 1980 g/mol. The van der Waals surface area contributed by atoms with E-state index >= 15 is 0 Å². The largest absolute Gasteiger partial charge is 0.490 e. The number of rotatable bonds is 54. The van der Waals surface area contributed by atoms with Crippen LogP contribution in [0.5, 0.6) is 23.0 Å². The SMILES string of the molecule is CCOC(=O)C=O.CCOC(=O)CNCCCCCS(=O)(=O)C[C@H](C)c1cccc(OC2CCCC2)c1.C[C@@H](CS(=O)(=O)CCCCCN)c1cccc(OC2CCCC2)c1.C[C@@H](CS(=O)(=O)CCCCCN1C(=O)c2ccccc2C1=O)c1cccc(OC2CCCC2)c1.C[C@@H](CS(=O)(=O)CCCCCN1CC(=O)NC1=O)c1cccc(OC2CCCC2)c1.O=C1c2ccccc2C(=O)N1CCCCCS(=O)(=O)Cl. The molecule has 0 bridgehead atoms. The summed E-state index contributed by atoms with van der Waals surface area (Å²) in [5.41, 5.74) is 11.2. The molecular formula is C108H153ClN6O25S5. The van der Waals surface area contributed by atoms with E-state index in [2.05, 4.69) is 15.4 Å². The number of ether oxygens (including phenoxy) is 6. The number of nitrogens with zero attached hydrogens (tertiary/aromatic N) is 3. The minimum atomic E-state index is -3.46.